The van der Waals surface area contributed by atoms with E-state index in [1.165, 1.54) is 21.0 Å². The summed E-state index contributed by atoms with van der Waals surface area (Å²) < 4.78 is 84.1. The first-order valence-corrected chi connectivity index (χ1v) is 10.5. The Morgan fingerprint density at radius 1 is 1.19 bits per heavy atom. The van der Waals surface area contributed by atoms with E-state index in [9.17, 15) is 30.8 Å². The van der Waals surface area contributed by atoms with Gasteiger partial charge in [0.25, 0.3) is 5.91 Å². The first-order valence-electron chi connectivity index (χ1n) is 8.26. The summed E-state index contributed by atoms with van der Waals surface area (Å²) in [6, 6.07) is 2.37. The minimum atomic E-state index is -4.70. The molecule has 0 fully saturated rings. The summed E-state index contributed by atoms with van der Waals surface area (Å²) in [4.78, 5) is 15.7. The van der Waals surface area contributed by atoms with E-state index in [1.54, 1.807) is 4.72 Å². The summed E-state index contributed by atoms with van der Waals surface area (Å²) in [5.74, 6) is -2.25. The van der Waals surface area contributed by atoms with Crippen LogP contribution in [-0.4, -0.2) is 43.8 Å². The molecule has 0 saturated heterocycles. The van der Waals surface area contributed by atoms with Crippen molar-refractivity contribution in [2.75, 3.05) is 14.1 Å². The number of aromatic nitrogens is 1. The normalized spacial score (nSPS) is 13.2. The molecule has 1 aromatic carbocycles. The minimum Gasteiger partial charge on any atom is -0.479 e. The van der Waals surface area contributed by atoms with Crippen molar-refractivity contribution in [1.29, 1.82) is 0 Å². The molecule has 14 heteroatoms. The molecule has 1 atom stereocenters. The smallest absolute Gasteiger partial charge is 0.417 e. The number of rotatable bonds is 6. The number of pyridine rings is 1. The molecule has 0 saturated carbocycles. The Balaban J connectivity index is 2.37. The Kier molecular flexibility index (Phi) is 7.41. The number of benzene rings is 1. The third-order valence-electron chi connectivity index (χ3n) is 3.83. The Bertz CT molecular complexity index is 1110. The molecule has 2 aromatic rings. The second-order valence-electron chi connectivity index (χ2n) is 6.33. The van der Waals surface area contributed by atoms with Crippen LogP contribution in [0, 0.1) is 5.82 Å². The first kappa shape index (κ1) is 25.1. The standard InChI is InChI=1S/C17H15Cl2F4N3O4S/c1-8(16(27)25-31(28,29)26(2)3)30-14-5-10(13(20)6-11(14)18)15-12(19)4-9(7-24-15)17(21,22)23/h4-8H,1-3H3,(H,25,27). The number of ether oxygens (including phenoxy) is 1. The molecule has 0 aliphatic carbocycles. The summed E-state index contributed by atoms with van der Waals surface area (Å²) in [7, 11) is -1.68. The van der Waals surface area contributed by atoms with Gasteiger partial charge in [-0.25, -0.2) is 9.11 Å². The number of halogens is 6. The number of carbonyl (C=O) groups is 1. The lowest BCUT2D eigenvalue weighted by atomic mass is 10.1. The summed E-state index contributed by atoms with van der Waals surface area (Å²) in [5.41, 5.74) is -1.79. The first-order chi connectivity index (χ1) is 14.1. The maximum Gasteiger partial charge on any atom is 0.417 e. The molecule has 1 unspecified atom stereocenters. The molecule has 7 nitrogen and oxygen atoms in total. The number of nitrogens with one attached hydrogen (secondary N) is 1. The fourth-order valence-electron chi connectivity index (χ4n) is 2.14. The average Bonchev–Trinajstić information content (AvgIpc) is 2.62. The van der Waals surface area contributed by atoms with Gasteiger partial charge in [-0.2, -0.15) is 25.9 Å². The highest BCUT2D eigenvalue weighted by molar-refractivity contribution is 7.87. The highest BCUT2D eigenvalue weighted by atomic mass is 35.5. The van der Waals surface area contributed by atoms with Crippen LogP contribution in [0.3, 0.4) is 0 Å². The minimum absolute atomic E-state index is 0.249. The Labute approximate surface area is 185 Å². The maximum atomic E-state index is 14.4. The zero-order valence-electron chi connectivity index (χ0n) is 16.1. The van der Waals surface area contributed by atoms with Gasteiger partial charge in [-0.05, 0) is 25.1 Å². The van der Waals surface area contributed by atoms with Crippen LogP contribution in [0.15, 0.2) is 24.4 Å². The quantitative estimate of drug-likeness (QED) is 0.603. The average molecular weight is 504 g/mol. The lowest BCUT2D eigenvalue weighted by Gasteiger charge is -2.18. The van der Waals surface area contributed by atoms with Crippen LogP contribution in [-0.2, 0) is 21.2 Å². The highest BCUT2D eigenvalue weighted by Gasteiger charge is 2.32. The second-order valence-corrected chi connectivity index (χ2v) is 9.03. The van der Waals surface area contributed by atoms with Crippen LogP contribution < -0.4 is 9.46 Å². The largest absolute Gasteiger partial charge is 0.479 e. The van der Waals surface area contributed by atoms with Crippen molar-refractivity contribution in [3.05, 3.63) is 45.8 Å². The van der Waals surface area contributed by atoms with Gasteiger partial charge in [-0.3, -0.25) is 9.78 Å². The van der Waals surface area contributed by atoms with Gasteiger partial charge in [0.1, 0.15) is 11.6 Å². The Hall–Kier alpha value is -2.15. The third kappa shape index (κ3) is 5.97. The van der Waals surface area contributed by atoms with Gasteiger partial charge >= 0.3 is 16.4 Å². The molecule has 0 aliphatic rings. The van der Waals surface area contributed by atoms with Crippen LogP contribution in [0.4, 0.5) is 17.6 Å². The molecule has 0 spiro atoms. The molecule has 0 aliphatic heterocycles. The van der Waals surface area contributed by atoms with Gasteiger partial charge < -0.3 is 4.74 Å². The van der Waals surface area contributed by atoms with Crippen molar-refractivity contribution in [3.63, 3.8) is 0 Å². The Morgan fingerprint density at radius 3 is 2.32 bits per heavy atom. The third-order valence-corrected chi connectivity index (χ3v) is 5.83. The fourth-order valence-corrected chi connectivity index (χ4v) is 3.20. The molecule has 2 rings (SSSR count). The van der Waals surface area contributed by atoms with Crippen LogP contribution >= 0.6 is 23.2 Å². The Morgan fingerprint density at radius 2 is 1.81 bits per heavy atom. The van der Waals surface area contributed by atoms with Gasteiger partial charge in [-0.15, -0.1) is 0 Å². The van der Waals surface area contributed by atoms with E-state index in [0.29, 0.717) is 12.3 Å². The number of hydrogen-bond acceptors (Lipinski definition) is 5. The number of amides is 1. The van der Waals surface area contributed by atoms with E-state index >= 15 is 0 Å². The number of hydrogen-bond donors (Lipinski definition) is 1. The van der Waals surface area contributed by atoms with Gasteiger partial charge in [0.2, 0.25) is 0 Å². The summed E-state index contributed by atoms with van der Waals surface area (Å²) >= 11 is 11.8. The van der Waals surface area contributed by atoms with E-state index in [2.05, 4.69) is 4.98 Å². The van der Waals surface area contributed by atoms with E-state index in [0.717, 1.165) is 16.4 Å². The number of alkyl halides is 3. The lowest BCUT2D eigenvalue weighted by Crippen LogP contribution is -2.45. The fraction of sp³-hybridized carbons (Fsp3) is 0.294. The monoisotopic (exact) mass is 503 g/mol. The van der Waals surface area contributed by atoms with Crippen molar-refractivity contribution >= 4 is 39.3 Å². The van der Waals surface area contributed by atoms with Gasteiger partial charge in [0.05, 0.1) is 21.3 Å². The van der Waals surface area contributed by atoms with Crippen molar-refractivity contribution in [3.8, 4) is 17.0 Å². The number of carbonyl (C=O) groups excluding carboxylic acids is 1. The molecule has 1 N–H and O–H groups in total. The van der Waals surface area contributed by atoms with E-state index in [-0.39, 0.29) is 22.0 Å². The van der Waals surface area contributed by atoms with E-state index < -0.39 is 44.8 Å². The molecule has 170 valence electrons. The lowest BCUT2D eigenvalue weighted by molar-refractivity contribution is -0.137. The molecule has 0 radical (unpaired) electrons. The predicted molar refractivity (Wildman–Crippen MR) is 105 cm³/mol. The molecular weight excluding hydrogens is 489 g/mol. The van der Waals surface area contributed by atoms with E-state index in [1.807, 2.05) is 0 Å². The molecule has 1 heterocycles. The highest BCUT2D eigenvalue weighted by Crippen LogP contribution is 2.38. The van der Waals surface area contributed by atoms with Gasteiger partial charge in [-0.1, -0.05) is 23.2 Å². The topological polar surface area (TPSA) is 88.6 Å². The van der Waals surface area contributed by atoms with Crippen molar-refractivity contribution in [1.82, 2.24) is 14.0 Å². The molecular formula is C17H15Cl2F4N3O4S. The van der Waals surface area contributed by atoms with Crippen LogP contribution in [0.5, 0.6) is 5.75 Å². The van der Waals surface area contributed by atoms with Crippen molar-refractivity contribution in [2.24, 2.45) is 0 Å². The molecule has 31 heavy (non-hydrogen) atoms. The van der Waals surface area contributed by atoms with Gasteiger partial charge in [0.15, 0.2) is 6.10 Å². The summed E-state index contributed by atoms with van der Waals surface area (Å²) in [6.07, 6.45) is -5.60. The number of nitrogens with zero attached hydrogens (tertiary/aromatic N) is 2. The molecule has 1 aromatic heterocycles. The van der Waals surface area contributed by atoms with Gasteiger partial charge in [0, 0.05) is 25.9 Å². The van der Waals surface area contributed by atoms with Crippen molar-refractivity contribution < 1.29 is 35.5 Å². The van der Waals surface area contributed by atoms with Crippen LogP contribution in [0.1, 0.15) is 12.5 Å². The SMILES string of the molecule is CC(Oc1cc(-c2ncc(C(F)(F)F)cc2Cl)c(F)cc1Cl)C(=O)NS(=O)(=O)N(C)C. The second kappa shape index (κ2) is 9.15. The zero-order valence-corrected chi connectivity index (χ0v) is 18.4. The van der Waals surface area contributed by atoms with Crippen molar-refractivity contribution in [2.45, 2.75) is 19.2 Å². The predicted octanol–water partition coefficient (Wildman–Crippen LogP) is 3.90. The summed E-state index contributed by atoms with van der Waals surface area (Å²) in [6.45, 7) is 1.21. The molecule has 0 bridgehead atoms. The zero-order chi connectivity index (χ0) is 23.7. The van der Waals surface area contributed by atoms with Crippen LogP contribution in [0.2, 0.25) is 10.0 Å². The molecule has 1 amide bonds. The van der Waals surface area contributed by atoms with E-state index in [4.69, 9.17) is 27.9 Å². The summed E-state index contributed by atoms with van der Waals surface area (Å²) in [5, 5.41) is -0.760. The van der Waals surface area contributed by atoms with Crippen LogP contribution in [0.25, 0.3) is 11.3 Å². The maximum absolute atomic E-state index is 14.4.